The summed E-state index contributed by atoms with van der Waals surface area (Å²) in [6, 6.07) is 14.4. The number of para-hydroxylation sites is 2. The van der Waals surface area contributed by atoms with Crippen LogP contribution in [0.1, 0.15) is 5.56 Å². The van der Waals surface area contributed by atoms with E-state index in [1.54, 1.807) is 24.3 Å². The number of anilines is 1. The van der Waals surface area contributed by atoms with Gasteiger partial charge >= 0.3 is 5.97 Å². The van der Waals surface area contributed by atoms with Crippen molar-refractivity contribution >= 4 is 17.6 Å². The molecule has 6 nitrogen and oxygen atoms in total. The molecule has 124 valence electrons. The molecule has 1 atom stereocenters. The number of carbonyl (C=O) groups excluding carboxylic acids is 2. The van der Waals surface area contributed by atoms with Gasteiger partial charge in [0, 0.05) is 5.69 Å². The molecule has 0 aliphatic carbocycles. The van der Waals surface area contributed by atoms with Crippen LogP contribution in [0, 0.1) is 6.92 Å². The lowest BCUT2D eigenvalue weighted by molar-refractivity contribution is -0.156. The Kier molecular flexibility index (Phi) is 4.65. The Bertz CT molecular complexity index is 759. The third kappa shape index (κ3) is 3.84. The number of carbonyl (C=O) groups is 2. The molecule has 1 heterocycles. The van der Waals surface area contributed by atoms with E-state index in [4.69, 9.17) is 14.2 Å². The number of amides is 1. The lowest BCUT2D eigenvalue weighted by Gasteiger charge is -2.24. The van der Waals surface area contributed by atoms with Gasteiger partial charge in [-0.2, -0.15) is 0 Å². The number of esters is 1. The van der Waals surface area contributed by atoms with E-state index in [2.05, 4.69) is 5.32 Å². The Morgan fingerprint density at radius 2 is 1.96 bits per heavy atom. The minimum atomic E-state index is -0.883. The van der Waals surface area contributed by atoms with Crippen molar-refractivity contribution in [1.29, 1.82) is 0 Å². The van der Waals surface area contributed by atoms with E-state index >= 15 is 0 Å². The lowest BCUT2D eigenvalue weighted by atomic mass is 10.2. The first-order valence-electron chi connectivity index (χ1n) is 7.53. The fourth-order valence-electron chi connectivity index (χ4n) is 2.29. The zero-order valence-electron chi connectivity index (χ0n) is 13.2. The van der Waals surface area contributed by atoms with E-state index in [1.165, 1.54) is 0 Å². The minimum Gasteiger partial charge on any atom is -0.485 e. The van der Waals surface area contributed by atoms with Crippen LogP contribution in [0.15, 0.2) is 48.5 Å². The van der Waals surface area contributed by atoms with Crippen molar-refractivity contribution in [2.45, 2.75) is 13.0 Å². The highest BCUT2D eigenvalue weighted by molar-refractivity contribution is 5.93. The van der Waals surface area contributed by atoms with Crippen molar-refractivity contribution in [3.63, 3.8) is 0 Å². The van der Waals surface area contributed by atoms with Crippen LogP contribution in [0.5, 0.6) is 11.5 Å². The van der Waals surface area contributed by atoms with Crippen LogP contribution in [0.4, 0.5) is 5.69 Å². The fraction of sp³-hybridized carbons (Fsp3) is 0.222. The Balaban J connectivity index is 1.50. The molecule has 0 spiro atoms. The number of rotatable bonds is 4. The quantitative estimate of drug-likeness (QED) is 0.873. The monoisotopic (exact) mass is 327 g/mol. The van der Waals surface area contributed by atoms with Crippen LogP contribution in [0.25, 0.3) is 0 Å². The van der Waals surface area contributed by atoms with Crippen molar-refractivity contribution in [3.8, 4) is 11.5 Å². The molecule has 0 aromatic heterocycles. The molecular formula is C18H17NO5. The van der Waals surface area contributed by atoms with Gasteiger partial charge in [-0.1, -0.05) is 24.3 Å². The first kappa shape index (κ1) is 15.9. The summed E-state index contributed by atoms with van der Waals surface area (Å²) in [4.78, 5) is 23.9. The summed E-state index contributed by atoms with van der Waals surface area (Å²) in [5.74, 6) is 0.0172. The molecule has 6 heteroatoms. The Morgan fingerprint density at radius 3 is 2.75 bits per heavy atom. The fourth-order valence-corrected chi connectivity index (χ4v) is 2.29. The van der Waals surface area contributed by atoms with E-state index in [0.29, 0.717) is 17.2 Å². The van der Waals surface area contributed by atoms with Crippen molar-refractivity contribution in [3.05, 3.63) is 54.1 Å². The SMILES string of the molecule is Cc1cccc(NC(=O)COC(=O)[C@H]2COc3ccccc3O2)c1. The van der Waals surface area contributed by atoms with E-state index in [9.17, 15) is 9.59 Å². The number of hydrogen-bond donors (Lipinski definition) is 1. The predicted octanol–water partition coefficient (Wildman–Crippen LogP) is 2.32. The van der Waals surface area contributed by atoms with Crippen LogP contribution in [0.2, 0.25) is 0 Å². The highest BCUT2D eigenvalue weighted by atomic mass is 16.6. The maximum absolute atomic E-state index is 12.0. The summed E-state index contributed by atoms with van der Waals surface area (Å²) >= 11 is 0. The maximum Gasteiger partial charge on any atom is 0.351 e. The Labute approximate surface area is 139 Å². The standard InChI is InChI=1S/C18H17NO5/c1-12-5-4-6-13(9-12)19-17(20)11-23-18(21)16-10-22-14-7-2-3-8-15(14)24-16/h2-9,16H,10-11H2,1H3,(H,19,20)/t16-/m1/s1. The van der Waals surface area contributed by atoms with Crippen molar-refractivity contribution in [1.82, 2.24) is 0 Å². The van der Waals surface area contributed by atoms with E-state index in [0.717, 1.165) is 5.56 Å². The van der Waals surface area contributed by atoms with Gasteiger partial charge in [0.2, 0.25) is 6.10 Å². The number of aryl methyl sites for hydroxylation is 1. The molecule has 0 unspecified atom stereocenters. The second-order valence-corrected chi connectivity index (χ2v) is 5.39. The second-order valence-electron chi connectivity index (χ2n) is 5.39. The molecular weight excluding hydrogens is 310 g/mol. The summed E-state index contributed by atoms with van der Waals surface area (Å²) in [6.45, 7) is 1.59. The first-order chi connectivity index (χ1) is 11.6. The van der Waals surface area contributed by atoms with Gasteiger partial charge in [-0.3, -0.25) is 4.79 Å². The first-order valence-corrected chi connectivity index (χ1v) is 7.53. The van der Waals surface area contributed by atoms with Gasteiger partial charge in [-0.25, -0.2) is 4.79 Å². The molecule has 1 aliphatic rings. The minimum absolute atomic E-state index is 0.0509. The number of nitrogens with one attached hydrogen (secondary N) is 1. The largest absolute Gasteiger partial charge is 0.485 e. The average molecular weight is 327 g/mol. The third-order valence-corrected chi connectivity index (χ3v) is 3.42. The summed E-state index contributed by atoms with van der Waals surface area (Å²) in [5, 5.41) is 2.67. The molecule has 1 amide bonds. The highest BCUT2D eigenvalue weighted by Gasteiger charge is 2.29. The van der Waals surface area contributed by atoms with Crippen molar-refractivity contribution < 1.29 is 23.8 Å². The van der Waals surface area contributed by atoms with Gasteiger partial charge in [0.1, 0.15) is 6.61 Å². The number of fused-ring (bicyclic) bond motifs is 1. The molecule has 3 rings (SSSR count). The molecule has 2 aromatic carbocycles. The number of ether oxygens (including phenoxy) is 3. The molecule has 0 saturated heterocycles. The zero-order valence-corrected chi connectivity index (χ0v) is 13.2. The molecule has 0 fully saturated rings. The predicted molar refractivity (Wildman–Crippen MR) is 87.1 cm³/mol. The van der Waals surface area contributed by atoms with Gasteiger partial charge in [0.25, 0.3) is 5.91 Å². The van der Waals surface area contributed by atoms with Crippen molar-refractivity contribution in [2.24, 2.45) is 0 Å². The Morgan fingerprint density at radius 1 is 1.17 bits per heavy atom. The molecule has 0 saturated carbocycles. The molecule has 1 N–H and O–H groups in total. The molecule has 2 aromatic rings. The van der Waals surface area contributed by atoms with Crippen LogP contribution >= 0.6 is 0 Å². The highest BCUT2D eigenvalue weighted by Crippen LogP contribution is 2.31. The molecule has 0 bridgehead atoms. The van der Waals surface area contributed by atoms with Crippen molar-refractivity contribution in [2.75, 3.05) is 18.5 Å². The van der Waals surface area contributed by atoms with E-state index in [-0.39, 0.29) is 13.2 Å². The maximum atomic E-state index is 12.0. The van der Waals surface area contributed by atoms with Gasteiger partial charge < -0.3 is 19.5 Å². The van der Waals surface area contributed by atoms with Gasteiger partial charge in [0.05, 0.1) is 0 Å². The smallest absolute Gasteiger partial charge is 0.351 e. The van der Waals surface area contributed by atoms with Gasteiger partial charge in [-0.05, 0) is 36.8 Å². The normalized spacial score (nSPS) is 15.5. The van der Waals surface area contributed by atoms with E-state index in [1.807, 2.05) is 31.2 Å². The summed E-state index contributed by atoms with van der Waals surface area (Å²) in [5.41, 5.74) is 1.68. The summed E-state index contributed by atoms with van der Waals surface area (Å²) in [6.07, 6.45) is -0.883. The van der Waals surface area contributed by atoms with Gasteiger partial charge in [0.15, 0.2) is 18.1 Å². The van der Waals surface area contributed by atoms with Crippen LogP contribution < -0.4 is 14.8 Å². The zero-order chi connectivity index (χ0) is 16.9. The average Bonchev–Trinajstić information content (AvgIpc) is 2.59. The number of benzene rings is 2. The van der Waals surface area contributed by atoms with Crippen LogP contribution in [-0.4, -0.2) is 31.2 Å². The molecule has 0 radical (unpaired) electrons. The summed E-state index contributed by atoms with van der Waals surface area (Å²) in [7, 11) is 0. The van der Waals surface area contributed by atoms with Gasteiger partial charge in [-0.15, -0.1) is 0 Å². The molecule has 1 aliphatic heterocycles. The topological polar surface area (TPSA) is 73.9 Å². The lowest BCUT2D eigenvalue weighted by Crippen LogP contribution is -2.39. The van der Waals surface area contributed by atoms with Crippen LogP contribution in [0.3, 0.4) is 0 Å². The molecule has 24 heavy (non-hydrogen) atoms. The summed E-state index contributed by atoms with van der Waals surface area (Å²) < 4.78 is 16.0. The van der Waals surface area contributed by atoms with E-state index < -0.39 is 18.0 Å². The second kappa shape index (κ2) is 7.04. The number of hydrogen-bond acceptors (Lipinski definition) is 5. The van der Waals surface area contributed by atoms with Crippen LogP contribution in [-0.2, 0) is 14.3 Å². The third-order valence-electron chi connectivity index (χ3n) is 3.42. The Hall–Kier alpha value is -3.02.